The maximum atomic E-state index is 5.78. The van der Waals surface area contributed by atoms with Crippen LogP contribution in [0.2, 0.25) is 0 Å². The van der Waals surface area contributed by atoms with E-state index in [4.69, 9.17) is 16.3 Å². The lowest BCUT2D eigenvalue weighted by atomic mass is 10.1. The van der Waals surface area contributed by atoms with Gasteiger partial charge in [0.2, 0.25) is 0 Å². The van der Waals surface area contributed by atoms with E-state index >= 15 is 0 Å². The smallest absolute Gasteiger partial charge is 0.0474 e. The van der Waals surface area contributed by atoms with Gasteiger partial charge in [0.1, 0.15) is 0 Å². The summed E-state index contributed by atoms with van der Waals surface area (Å²) in [7, 11) is 0. The highest BCUT2D eigenvalue weighted by molar-refractivity contribution is 6.17. The Balaban J connectivity index is 0.00000106. The molecule has 0 radical (unpaired) electrons. The van der Waals surface area contributed by atoms with E-state index in [2.05, 4.69) is 13.8 Å². The first-order valence-corrected chi connectivity index (χ1v) is 15.1. The fourth-order valence-electron chi connectivity index (χ4n) is 4.05. The number of halogens is 1. The molecule has 1 aromatic rings. The Bertz CT molecular complexity index is 425. The van der Waals surface area contributed by atoms with Crippen LogP contribution in [0.5, 0.6) is 0 Å². The number of hydrogen-bond acceptors (Lipinski definition) is 1. The number of benzene rings is 1. The lowest BCUT2D eigenvalue weighted by Crippen LogP contribution is -1.97. The molecule has 0 bridgehead atoms. The van der Waals surface area contributed by atoms with Crippen LogP contribution in [0.4, 0.5) is 0 Å². The van der Waals surface area contributed by atoms with Gasteiger partial charge in [-0.1, -0.05) is 160 Å². The molecular formula is C31H57ClO. The predicted molar refractivity (Wildman–Crippen MR) is 151 cm³/mol. The third kappa shape index (κ3) is 27.6. The summed E-state index contributed by atoms with van der Waals surface area (Å²) in [5, 5.41) is 0. The highest BCUT2D eigenvalue weighted by Crippen LogP contribution is 2.12. The SMILES string of the molecule is CCCCCCCCCCCCOCCCCCCCCCCCC.ClCc1ccccc1. The van der Waals surface area contributed by atoms with Crippen LogP contribution in [0.25, 0.3) is 0 Å². The summed E-state index contributed by atoms with van der Waals surface area (Å²) >= 11 is 5.53. The number of hydrogen-bond donors (Lipinski definition) is 0. The molecule has 2 heteroatoms. The Hall–Kier alpha value is -0.530. The van der Waals surface area contributed by atoms with Crippen molar-refractivity contribution in [3.05, 3.63) is 35.9 Å². The lowest BCUT2D eigenvalue weighted by molar-refractivity contribution is 0.125. The molecule has 1 nitrogen and oxygen atoms in total. The van der Waals surface area contributed by atoms with Gasteiger partial charge >= 0.3 is 0 Å². The molecule has 1 aromatic carbocycles. The summed E-state index contributed by atoms with van der Waals surface area (Å²) in [6.07, 6.45) is 28.2. The average molecular weight is 481 g/mol. The third-order valence-corrected chi connectivity index (χ3v) is 6.59. The second-order valence-corrected chi connectivity index (χ2v) is 9.86. The van der Waals surface area contributed by atoms with Gasteiger partial charge in [0, 0.05) is 19.1 Å². The molecule has 0 aliphatic carbocycles. The van der Waals surface area contributed by atoms with E-state index in [-0.39, 0.29) is 0 Å². The first-order valence-electron chi connectivity index (χ1n) is 14.5. The van der Waals surface area contributed by atoms with E-state index in [0.717, 1.165) is 13.2 Å². The second kappa shape index (κ2) is 29.5. The van der Waals surface area contributed by atoms with Gasteiger partial charge in [-0.3, -0.25) is 0 Å². The highest BCUT2D eigenvalue weighted by atomic mass is 35.5. The standard InChI is InChI=1S/C24H50O.C7H7Cl/c1-3-5-7-9-11-13-15-17-19-21-23-25-24-22-20-18-16-14-12-10-8-6-4-2;8-6-7-4-2-1-3-5-7/h3-24H2,1-2H3;1-5H,6H2. The molecule has 194 valence electrons. The monoisotopic (exact) mass is 480 g/mol. The Morgan fingerprint density at radius 2 is 0.818 bits per heavy atom. The van der Waals surface area contributed by atoms with Crippen LogP contribution in [-0.4, -0.2) is 13.2 Å². The molecule has 0 spiro atoms. The molecule has 0 saturated carbocycles. The van der Waals surface area contributed by atoms with Crippen LogP contribution >= 0.6 is 11.6 Å². The van der Waals surface area contributed by atoms with Crippen molar-refractivity contribution in [1.82, 2.24) is 0 Å². The van der Waals surface area contributed by atoms with Crippen LogP contribution in [-0.2, 0) is 10.6 Å². The van der Waals surface area contributed by atoms with Gasteiger partial charge in [-0.25, -0.2) is 0 Å². The normalized spacial score (nSPS) is 10.8. The first-order chi connectivity index (χ1) is 16.3. The van der Waals surface area contributed by atoms with Crippen LogP contribution in [0.1, 0.15) is 148 Å². The summed E-state index contributed by atoms with van der Waals surface area (Å²) in [4.78, 5) is 0. The van der Waals surface area contributed by atoms with Crippen LogP contribution in [0, 0.1) is 0 Å². The predicted octanol–water partition coefficient (Wildman–Crippen LogP) is 11.3. The van der Waals surface area contributed by atoms with Gasteiger partial charge in [0.15, 0.2) is 0 Å². The topological polar surface area (TPSA) is 9.23 Å². The molecule has 0 saturated heterocycles. The highest BCUT2D eigenvalue weighted by Gasteiger charge is 1.95. The summed E-state index contributed by atoms with van der Waals surface area (Å²) in [6.45, 7) is 6.57. The zero-order valence-corrected chi connectivity index (χ0v) is 23.2. The quantitative estimate of drug-likeness (QED) is 0.112. The number of rotatable bonds is 23. The maximum Gasteiger partial charge on any atom is 0.0474 e. The van der Waals surface area contributed by atoms with Crippen molar-refractivity contribution in [2.24, 2.45) is 0 Å². The van der Waals surface area contributed by atoms with Gasteiger partial charge < -0.3 is 4.74 Å². The van der Waals surface area contributed by atoms with E-state index in [1.807, 2.05) is 30.3 Å². The van der Waals surface area contributed by atoms with E-state index in [0.29, 0.717) is 5.88 Å². The van der Waals surface area contributed by atoms with Crippen molar-refractivity contribution in [2.45, 2.75) is 148 Å². The zero-order valence-electron chi connectivity index (χ0n) is 22.4. The van der Waals surface area contributed by atoms with Crippen molar-refractivity contribution in [1.29, 1.82) is 0 Å². The molecule has 0 aliphatic rings. The Morgan fingerprint density at radius 3 is 1.12 bits per heavy atom. The van der Waals surface area contributed by atoms with Crippen molar-refractivity contribution in [3.63, 3.8) is 0 Å². The van der Waals surface area contributed by atoms with E-state index in [1.54, 1.807) is 0 Å². The van der Waals surface area contributed by atoms with Crippen molar-refractivity contribution in [2.75, 3.05) is 13.2 Å². The summed E-state index contributed by atoms with van der Waals surface area (Å²) in [5.74, 6) is 0.612. The molecule has 0 N–H and O–H groups in total. The van der Waals surface area contributed by atoms with E-state index in [9.17, 15) is 0 Å². The number of ether oxygens (including phenoxy) is 1. The van der Waals surface area contributed by atoms with Crippen molar-refractivity contribution in [3.8, 4) is 0 Å². The number of alkyl halides is 1. The minimum absolute atomic E-state index is 0.612. The number of unbranched alkanes of at least 4 members (excludes halogenated alkanes) is 18. The molecule has 0 amide bonds. The van der Waals surface area contributed by atoms with Crippen molar-refractivity contribution >= 4 is 11.6 Å². The summed E-state index contributed by atoms with van der Waals surface area (Å²) < 4.78 is 5.78. The minimum atomic E-state index is 0.612. The molecule has 33 heavy (non-hydrogen) atoms. The molecule has 0 aromatic heterocycles. The fourth-order valence-corrected chi connectivity index (χ4v) is 4.23. The molecule has 1 rings (SSSR count). The first kappa shape index (κ1) is 32.5. The maximum absolute atomic E-state index is 5.78. The lowest BCUT2D eigenvalue weighted by Gasteiger charge is -2.05. The molecule has 0 aliphatic heterocycles. The Labute approximate surface area is 213 Å². The van der Waals surface area contributed by atoms with Crippen LogP contribution in [0.15, 0.2) is 30.3 Å². The Morgan fingerprint density at radius 1 is 0.485 bits per heavy atom. The van der Waals surface area contributed by atoms with Gasteiger partial charge in [-0.05, 0) is 18.4 Å². The zero-order chi connectivity index (χ0) is 24.1. The second-order valence-electron chi connectivity index (χ2n) is 9.60. The van der Waals surface area contributed by atoms with Crippen LogP contribution in [0.3, 0.4) is 0 Å². The van der Waals surface area contributed by atoms with E-state index in [1.165, 1.54) is 134 Å². The van der Waals surface area contributed by atoms with Gasteiger partial charge in [-0.15, -0.1) is 11.6 Å². The average Bonchev–Trinajstić information content (AvgIpc) is 2.86. The van der Waals surface area contributed by atoms with Crippen molar-refractivity contribution < 1.29 is 4.74 Å². The fraction of sp³-hybridized carbons (Fsp3) is 0.806. The molecule has 0 heterocycles. The molecular weight excluding hydrogens is 424 g/mol. The van der Waals surface area contributed by atoms with Gasteiger partial charge in [0.05, 0.1) is 0 Å². The van der Waals surface area contributed by atoms with Gasteiger partial charge in [-0.2, -0.15) is 0 Å². The van der Waals surface area contributed by atoms with Gasteiger partial charge in [0.25, 0.3) is 0 Å². The minimum Gasteiger partial charge on any atom is -0.381 e. The van der Waals surface area contributed by atoms with Crippen LogP contribution < -0.4 is 0 Å². The molecule has 0 unspecified atom stereocenters. The largest absolute Gasteiger partial charge is 0.381 e. The molecule has 0 fully saturated rings. The summed E-state index contributed by atoms with van der Waals surface area (Å²) in [6, 6.07) is 9.96. The third-order valence-electron chi connectivity index (χ3n) is 6.28. The summed E-state index contributed by atoms with van der Waals surface area (Å²) in [5.41, 5.74) is 1.18. The molecule has 0 atom stereocenters. The Kier molecular flexibility index (Phi) is 29.0. The van der Waals surface area contributed by atoms with E-state index < -0.39 is 0 Å².